The van der Waals surface area contributed by atoms with Gasteiger partial charge in [-0.05, 0) is 43.2 Å². The van der Waals surface area contributed by atoms with E-state index >= 15 is 0 Å². The monoisotopic (exact) mass is 225 g/mol. The summed E-state index contributed by atoms with van der Waals surface area (Å²) in [5.74, 6) is 0. The van der Waals surface area contributed by atoms with Gasteiger partial charge >= 0.3 is 0 Å². The van der Waals surface area contributed by atoms with Crippen molar-refractivity contribution in [2.75, 3.05) is 5.32 Å². The molecule has 0 saturated carbocycles. The fourth-order valence-corrected chi connectivity index (χ4v) is 1.85. The Balaban J connectivity index is 2.05. The standard InChI is InChI=1S/C16H19N/c1-3-4-14-7-11-16(12-8-14)17-15-9-5-13(2)6-10-15/h5-12,17H,3-4H2,1-2H3. The summed E-state index contributed by atoms with van der Waals surface area (Å²) in [6, 6.07) is 17.1. The van der Waals surface area contributed by atoms with E-state index in [9.17, 15) is 0 Å². The van der Waals surface area contributed by atoms with Crippen LogP contribution in [-0.4, -0.2) is 0 Å². The summed E-state index contributed by atoms with van der Waals surface area (Å²) >= 11 is 0. The van der Waals surface area contributed by atoms with E-state index in [1.54, 1.807) is 0 Å². The van der Waals surface area contributed by atoms with Crippen LogP contribution in [0.3, 0.4) is 0 Å². The molecule has 17 heavy (non-hydrogen) atoms. The van der Waals surface area contributed by atoms with Gasteiger partial charge in [-0.3, -0.25) is 0 Å². The van der Waals surface area contributed by atoms with E-state index in [1.165, 1.54) is 17.5 Å². The fraction of sp³-hybridized carbons (Fsp3) is 0.250. The molecule has 0 atom stereocenters. The van der Waals surface area contributed by atoms with Gasteiger partial charge in [0.25, 0.3) is 0 Å². The minimum Gasteiger partial charge on any atom is -0.356 e. The Bertz CT molecular complexity index is 454. The third kappa shape index (κ3) is 3.35. The molecule has 1 heteroatoms. The molecule has 2 rings (SSSR count). The van der Waals surface area contributed by atoms with Crippen molar-refractivity contribution in [3.05, 3.63) is 59.7 Å². The van der Waals surface area contributed by atoms with Gasteiger partial charge in [-0.15, -0.1) is 0 Å². The normalized spacial score (nSPS) is 10.2. The summed E-state index contributed by atoms with van der Waals surface area (Å²) in [6.07, 6.45) is 2.36. The Hall–Kier alpha value is -1.76. The average molecular weight is 225 g/mol. The zero-order chi connectivity index (χ0) is 12.1. The first kappa shape index (κ1) is 11.7. The predicted octanol–water partition coefficient (Wildman–Crippen LogP) is 4.69. The predicted molar refractivity (Wildman–Crippen MR) is 74.9 cm³/mol. The molecule has 0 amide bonds. The SMILES string of the molecule is CCCc1ccc(Nc2ccc(C)cc2)cc1. The van der Waals surface area contributed by atoms with Gasteiger partial charge in [0.2, 0.25) is 0 Å². The van der Waals surface area contributed by atoms with Crippen molar-refractivity contribution in [2.45, 2.75) is 26.7 Å². The lowest BCUT2D eigenvalue weighted by atomic mass is 10.1. The first-order valence-corrected chi connectivity index (χ1v) is 6.20. The van der Waals surface area contributed by atoms with Crippen LogP contribution in [0.25, 0.3) is 0 Å². The molecule has 0 saturated heterocycles. The second kappa shape index (κ2) is 5.53. The second-order valence-corrected chi connectivity index (χ2v) is 4.44. The van der Waals surface area contributed by atoms with Crippen LogP contribution in [0.15, 0.2) is 48.5 Å². The summed E-state index contributed by atoms with van der Waals surface area (Å²) in [5, 5.41) is 3.40. The Morgan fingerprint density at radius 1 is 0.824 bits per heavy atom. The van der Waals surface area contributed by atoms with Gasteiger partial charge in [0.15, 0.2) is 0 Å². The summed E-state index contributed by atoms with van der Waals surface area (Å²) in [4.78, 5) is 0. The van der Waals surface area contributed by atoms with Crippen LogP contribution >= 0.6 is 0 Å². The molecule has 1 N–H and O–H groups in total. The third-order valence-electron chi connectivity index (χ3n) is 2.83. The molecule has 2 aromatic rings. The van der Waals surface area contributed by atoms with Crippen LogP contribution in [0, 0.1) is 6.92 Å². The molecule has 0 aliphatic heterocycles. The summed E-state index contributed by atoms with van der Waals surface area (Å²) < 4.78 is 0. The van der Waals surface area contributed by atoms with Gasteiger partial charge in [0, 0.05) is 11.4 Å². The number of hydrogen-bond acceptors (Lipinski definition) is 1. The van der Waals surface area contributed by atoms with E-state index in [4.69, 9.17) is 0 Å². The van der Waals surface area contributed by atoms with E-state index in [-0.39, 0.29) is 0 Å². The Morgan fingerprint density at radius 2 is 1.35 bits per heavy atom. The minimum atomic E-state index is 1.14. The van der Waals surface area contributed by atoms with Crippen LogP contribution in [0.5, 0.6) is 0 Å². The summed E-state index contributed by atoms with van der Waals surface area (Å²) in [7, 11) is 0. The number of benzene rings is 2. The average Bonchev–Trinajstić information content (AvgIpc) is 2.35. The van der Waals surface area contributed by atoms with Gasteiger partial charge in [-0.2, -0.15) is 0 Å². The van der Waals surface area contributed by atoms with Gasteiger partial charge < -0.3 is 5.32 Å². The van der Waals surface area contributed by atoms with Crippen molar-refractivity contribution in [1.29, 1.82) is 0 Å². The molecule has 0 bridgehead atoms. The molecule has 0 unspecified atom stereocenters. The minimum absolute atomic E-state index is 1.14. The van der Waals surface area contributed by atoms with Crippen molar-refractivity contribution in [3.8, 4) is 0 Å². The van der Waals surface area contributed by atoms with Crippen molar-refractivity contribution >= 4 is 11.4 Å². The van der Waals surface area contributed by atoms with E-state index < -0.39 is 0 Å². The highest BCUT2D eigenvalue weighted by Gasteiger charge is 1.95. The quantitative estimate of drug-likeness (QED) is 0.795. The maximum atomic E-state index is 3.40. The van der Waals surface area contributed by atoms with Gasteiger partial charge in [-0.25, -0.2) is 0 Å². The topological polar surface area (TPSA) is 12.0 Å². The van der Waals surface area contributed by atoms with Gasteiger partial charge in [0.1, 0.15) is 0 Å². The Labute approximate surface area is 103 Å². The zero-order valence-electron chi connectivity index (χ0n) is 10.5. The molecule has 0 fully saturated rings. The Kier molecular flexibility index (Phi) is 3.81. The summed E-state index contributed by atoms with van der Waals surface area (Å²) in [6.45, 7) is 4.31. The highest BCUT2D eigenvalue weighted by atomic mass is 14.9. The molecule has 1 nitrogen and oxygen atoms in total. The number of hydrogen-bond donors (Lipinski definition) is 1. The first-order valence-electron chi connectivity index (χ1n) is 6.20. The molecule has 0 aliphatic rings. The van der Waals surface area contributed by atoms with Gasteiger partial charge in [-0.1, -0.05) is 43.2 Å². The Morgan fingerprint density at radius 3 is 1.88 bits per heavy atom. The lowest BCUT2D eigenvalue weighted by Gasteiger charge is -2.07. The van der Waals surface area contributed by atoms with E-state index in [1.807, 2.05) is 0 Å². The number of rotatable bonds is 4. The van der Waals surface area contributed by atoms with Gasteiger partial charge in [0.05, 0.1) is 0 Å². The van der Waals surface area contributed by atoms with E-state index in [0.29, 0.717) is 0 Å². The number of aryl methyl sites for hydroxylation is 2. The molecular weight excluding hydrogens is 206 g/mol. The van der Waals surface area contributed by atoms with Crippen LogP contribution in [-0.2, 0) is 6.42 Å². The number of anilines is 2. The van der Waals surface area contributed by atoms with Crippen molar-refractivity contribution < 1.29 is 0 Å². The van der Waals surface area contributed by atoms with E-state index in [2.05, 4.69) is 67.7 Å². The maximum absolute atomic E-state index is 3.40. The molecule has 0 aromatic heterocycles. The molecule has 0 spiro atoms. The molecule has 2 aromatic carbocycles. The van der Waals surface area contributed by atoms with Crippen molar-refractivity contribution in [1.82, 2.24) is 0 Å². The molecule has 0 radical (unpaired) electrons. The lowest BCUT2D eigenvalue weighted by Crippen LogP contribution is -1.91. The van der Waals surface area contributed by atoms with Crippen molar-refractivity contribution in [2.24, 2.45) is 0 Å². The molecular formula is C16H19N. The lowest BCUT2D eigenvalue weighted by molar-refractivity contribution is 0.922. The van der Waals surface area contributed by atoms with Crippen LogP contribution in [0.4, 0.5) is 11.4 Å². The van der Waals surface area contributed by atoms with Crippen molar-refractivity contribution in [3.63, 3.8) is 0 Å². The summed E-state index contributed by atoms with van der Waals surface area (Å²) in [5.41, 5.74) is 4.98. The highest BCUT2D eigenvalue weighted by Crippen LogP contribution is 2.17. The first-order chi connectivity index (χ1) is 8.28. The third-order valence-corrected chi connectivity index (χ3v) is 2.83. The second-order valence-electron chi connectivity index (χ2n) is 4.44. The van der Waals surface area contributed by atoms with Crippen LogP contribution < -0.4 is 5.32 Å². The van der Waals surface area contributed by atoms with E-state index in [0.717, 1.165) is 17.8 Å². The smallest absolute Gasteiger partial charge is 0.0384 e. The molecule has 0 heterocycles. The molecule has 88 valence electrons. The zero-order valence-corrected chi connectivity index (χ0v) is 10.5. The fourth-order valence-electron chi connectivity index (χ4n) is 1.85. The largest absolute Gasteiger partial charge is 0.356 e. The maximum Gasteiger partial charge on any atom is 0.0384 e. The van der Waals surface area contributed by atoms with Crippen LogP contribution in [0.1, 0.15) is 24.5 Å². The highest BCUT2D eigenvalue weighted by molar-refractivity contribution is 5.59. The van der Waals surface area contributed by atoms with Crippen LogP contribution in [0.2, 0.25) is 0 Å². The molecule has 0 aliphatic carbocycles. The number of nitrogens with one attached hydrogen (secondary N) is 1.